The van der Waals surface area contributed by atoms with Gasteiger partial charge in [-0.25, -0.2) is 19.3 Å². The maximum Gasteiger partial charge on any atom is 0.339 e. The van der Waals surface area contributed by atoms with Crippen LogP contribution in [0.25, 0.3) is 22.5 Å². The fraction of sp³-hybridized carbons (Fsp3) is 0.0714. The molecule has 0 radical (unpaired) electrons. The van der Waals surface area contributed by atoms with Gasteiger partial charge in [-0.2, -0.15) is 0 Å². The monoisotopic (exact) mass is 570 g/mol. The minimum atomic E-state index is -0.380. The number of nitrogen functional groups attached to an aromatic ring is 1. The molecule has 0 aliphatic rings. The van der Waals surface area contributed by atoms with E-state index in [-0.39, 0.29) is 17.4 Å². The smallest absolute Gasteiger partial charge is 0.339 e. The number of likely N-dealkylation sites (N-methyl/N-ethyl adjacent to an activating group) is 1. The van der Waals surface area contributed by atoms with Crippen LogP contribution in [0.15, 0.2) is 102 Å². The van der Waals surface area contributed by atoms with E-state index < -0.39 is 0 Å². The summed E-state index contributed by atoms with van der Waals surface area (Å²) in [5, 5.41) is 0.571. The summed E-state index contributed by atoms with van der Waals surface area (Å²) in [4.78, 5) is 36.3. The second kappa shape index (κ2) is 10.7. The number of ether oxygens (including phenoxy) is 1. The molecule has 5 rings (SSSR count). The molecule has 3 aromatic carbocycles. The number of nitrogens with two attached hydrogens (primary N) is 1. The van der Waals surface area contributed by atoms with Gasteiger partial charge in [0, 0.05) is 24.1 Å². The zero-order chi connectivity index (χ0) is 26.6. The molecule has 0 unspecified atom stereocenters. The number of nitrogens with zero attached hydrogens (tertiary/aromatic N) is 5. The maximum absolute atomic E-state index is 13.8. The van der Waals surface area contributed by atoms with Gasteiger partial charge < -0.3 is 15.4 Å². The summed E-state index contributed by atoms with van der Waals surface area (Å²) >= 11 is 3.28. The molecule has 0 atom stereocenters. The minimum absolute atomic E-state index is 0.166. The molecule has 0 fully saturated rings. The van der Waals surface area contributed by atoms with Crippen molar-refractivity contribution in [1.82, 2.24) is 19.1 Å². The second-order valence-corrected chi connectivity index (χ2v) is 8.91. The lowest BCUT2D eigenvalue weighted by Crippen LogP contribution is -2.25. The second-order valence-electron chi connectivity index (χ2n) is 8.27. The van der Waals surface area contributed by atoms with Crippen molar-refractivity contribution >= 4 is 44.5 Å². The number of alkyl halides is 1. The maximum atomic E-state index is 13.8. The predicted molar refractivity (Wildman–Crippen MR) is 152 cm³/mol. The number of rotatable bonds is 7. The number of fused-ring (bicyclic) bond motifs is 1. The molecule has 0 saturated carbocycles. The molecular weight excluding hydrogens is 548 g/mol. The van der Waals surface area contributed by atoms with Gasteiger partial charge >= 0.3 is 5.69 Å². The van der Waals surface area contributed by atoms with Crippen molar-refractivity contribution in [3.63, 3.8) is 0 Å². The van der Waals surface area contributed by atoms with Crippen LogP contribution in [0.5, 0.6) is 11.5 Å². The largest absolute Gasteiger partial charge is 0.457 e. The quantitative estimate of drug-likeness (QED) is 0.221. The highest BCUT2D eigenvalue weighted by atomic mass is 79.9. The van der Waals surface area contributed by atoms with Crippen molar-refractivity contribution in [1.29, 1.82) is 0 Å². The van der Waals surface area contributed by atoms with Crippen molar-refractivity contribution in [3.05, 3.63) is 108 Å². The highest BCUT2D eigenvalue weighted by Crippen LogP contribution is 2.27. The van der Waals surface area contributed by atoms with E-state index >= 15 is 0 Å². The number of para-hydroxylation sites is 1. The van der Waals surface area contributed by atoms with Crippen LogP contribution in [0.4, 0.5) is 11.5 Å². The van der Waals surface area contributed by atoms with Gasteiger partial charge in [-0.05, 0) is 54.6 Å². The van der Waals surface area contributed by atoms with E-state index in [1.165, 1.54) is 26.4 Å². The van der Waals surface area contributed by atoms with Gasteiger partial charge in [0.2, 0.25) is 5.91 Å². The van der Waals surface area contributed by atoms with Gasteiger partial charge in [0.15, 0.2) is 11.5 Å². The number of imidazole rings is 1. The van der Waals surface area contributed by atoms with Crippen LogP contribution in [0.2, 0.25) is 0 Å². The van der Waals surface area contributed by atoms with Crippen molar-refractivity contribution in [3.8, 4) is 22.9 Å². The van der Waals surface area contributed by atoms with E-state index in [2.05, 4.69) is 25.9 Å². The normalized spacial score (nSPS) is 11.2. The number of aromatic nitrogens is 4. The number of hydrogen-bond donors (Lipinski definition) is 1. The van der Waals surface area contributed by atoms with Crippen molar-refractivity contribution in [2.75, 3.05) is 23.0 Å². The third-order valence-electron chi connectivity index (χ3n) is 5.88. The van der Waals surface area contributed by atoms with Crippen molar-refractivity contribution < 1.29 is 9.53 Å². The number of hydrogen-bond acceptors (Lipinski definition) is 6. The Morgan fingerprint density at radius 2 is 1.71 bits per heavy atom. The number of carbonyl (C=O) groups is 1. The van der Waals surface area contributed by atoms with Gasteiger partial charge in [-0.15, -0.1) is 0 Å². The Labute approximate surface area is 226 Å². The molecule has 1 amide bonds. The van der Waals surface area contributed by atoms with E-state index in [4.69, 9.17) is 10.5 Å². The average molecular weight is 571 g/mol. The first-order chi connectivity index (χ1) is 18.5. The predicted octanol–water partition coefficient (Wildman–Crippen LogP) is 4.86. The topological polar surface area (TPSA) is 108 Å². The Morgan fingerprint density at radius 1 is 0.974 bits per heavy atom. The molecule has 5 aromatic rings. The third kappa shape index (κ3) is 4.81. The fourth-order valence-electron chi connectivity index (χ4n) is 4.03. The SMILES string of the molecule is CN(C(=O)/C=C/CBr)c1cccc(-n2c(=O)n(-c3ccc(Oc4ccccc4)cc3)c3c(N)ncnc32)c1. The molecule has 0 bridgehead atoms. The fourth-order valence-corrected chi connectivity index (χ4v) is 4.22. The number of halogens is 1. The number of allylic oxidation sites excluding steroid dienone is 1. The lowest BCUT2D eigenvalue weighted by atomic mass is 10.2. The Morgan fingerprint density at radius 3 is 2.45 bits per heavy atom. The van der Waals surface area contributed by atoms with Crippen LogP contribution >= 0.6 is 15.9 Å². The minimum Gasteiger partial charge on any atom is -0.457 e. The van der Waals surface area contributed by atoms with E-state index in [0.717, 1.165) is 0 Å². The van der Waals surface area contributed by atoms with Gasteiger partial charge in [-0.1, -0.05) is 46.3 Å². The Hall–Kier alpha value is -4.70. The standard InChI is InChI=1S/C28H23BrN6O3/c1-33(24(36)11-6-16-29)20-7-5-8-21(17-20)35-27-25(26(30)31-18-32-27)34(28(35)37)19-12-14-23(15-13-19)38-22-9-3-2-4-10-22/h2-15,17-18H,16H2,1H3,(H2,30,31,32)/b11-6+. The molecule has 0 aliphatic carbocycles. The zero-order valence-electron chi connectivity index (χ0n) is 20.4. The molecule has 0 saturated heterocycles. The van der Waals surface area contributed by atoms with Crippen molar-refractivity contribution in [2.45, 2.75) is 0 Å². The Balaban J connectivity index is 1.59. The first kappa shape index (κ1) is 25.0. The van der Waals surface area contributed by atoms with E-state index in [9.17, 15) is 9.59 Å². The van der Waals surface area contributed by atoms with Crippen LogP contribution in [-0.2, 0) is 4.79 Å². The molecular formula is C28H23BrN6O3. The number of carbonyl (C=O) groups excluding carboxylic acids is 1. The Bertz CT molecular complexity index is 1690. The van der Waals surface area contributed by atoms with Crippen LogP contribution in [0.3, 0.4) is 0 Å². The molecule has 0 spiro atoms. The number of benzene rings is 3. The molecule has 190 valence electrons. The number of anilines is 2. The van der Waals surface area contributed by atoms with Crippen LogP contribution in [-0.4, -0.2) is 37.4 Å². The summed E-state index contributed by atoms with van der Waals surface area (Å²) in [6, 6.07) is 23.6. The molecule has 0 aliphatic heterocycles. The summed E-state index contributed by atoms with van der Waals surface area (Å²) < 4.78 is 8.81. The first-order valence-electron chi connectivity index (χ1n) is 11.7. The summed E-state index contributed by atoms with van der Waals surface area (Å²) in [6.07, 6.45) is 4.52. The van der Waals surface area contributed by atoms with E-state index in [1.807, 2.05) is 30.3 Å². The summed E-state index contributed by atoms with van der Waals surface area (Å²) in [5.74, 6) is 1.30. The molecule has 2 N–H and O–H groups in total. The average Bonchev–Trinajstić information content (AvgIpc) is 3.25. The van der Waals surface area contributed by atoms with Gasteiger partial charge in [0.25, 0.3) is 0 Å². The first-order valence-corrected chi connectivity index (χ1v) is 12.8. The summed E-state index contributed by atoms with van der Waals surface area (Å²) in [6.45, 7) is 0. The van der Waals surface area contributed by atoms with Crippen LogP contribution in [0, 0.1) is 0 Å². The molecule has 9 nitrogen and oxygen atoms in total. The highest BCUT2D eigenvalue weighted by Gasteiger charge is 2.21. The van der Waals surface area contributed by atoms with Crippen molar-refractivity contribution in [2.24, 2.45) is 0 Å². The summed E-state index contributed by atoms with van der Waals surface area (Å²) in [7, 11) is 1.67. The number of amides is 1. The van der Waals surface area contributed by atoms with Gasteiger partial charge in [-0.3, -0.25) is 9.36 Å². The van der Waals surface area contributed by atoms with Gasteiger partial charge in [0.05, 0.1) is 11.4 Å². The summed E-state index contributed by atoms with van der Waals surface area (Å²) in [5.41, 5.74) is 8.30. The Kier molecular flexibility index (Phi) is 7.05. The van der Waals surface area contributed by atoms with Crippen LogP contribution in [0.1, 0.15) is 0 Å². The molecule has 10 heteroatoms. The lowest BCUT2D eigenvalue weighted by molar-refractivity contribution is -0.113. The van der Waals surface area contributed by atoms with E-state index in [1.54, 1.807) is 61.7 Å². The van der Waals surface area contributed by atoms with Gasteiger partial charge in [0.1, 0.15) is 23.3 Å². The lowest BCUT2D eigenvalue weighted by Gasteiger charge is -2.16. The van der Waals surface area contributed by atoms with Crippen LogP contribution < -0.4 is 21.1 Å². The van der Waals surface area contributed by atoms with E-state index in [0.29, 0.717) is 45.1 Å². The molecule has 38 heavy (non-hydrogen) atoms. The highest BCUT2D eigenvalue weighted by molar-refractivity contribution is 9.09. The third-order valence-corrected chi connectivity index (χ3v) is 6.25. The zero-order valence-corrected chi connectivity index (χ0v) is 21.9. The molecule has 2 aromatic heterocycles. The molecule has 2 heterocycles.